The maximum atomic E-state index is 12.2. The molecule has 1 spiro atoms. The molecule has 0 aromatic heterocycles. The summed E-state index contributed by atoms with van der Waals surface area (Å²) < 4.78 is 40.5. The van der Waals surface area contributed by atoms with E-state index in [1.807, 2.05) is 0 Å². The molecule has 2 aliphatic heterocycles. The second-order valence-electron chi connectivity index (χ2n) is 7.12. The predicted octanol–water partition coefficient (Wildman–Crippen LogP) is 3.37. The Labute approximate surface area is 150 Å². The Hall–Kier alpha value is -2.41. The normalized spacial score (nSPS) is 18.5. The number of nitrogens with zero attached hydrogens (tertiary/aromatic N) is 2. The summed E-state index contributed by atoms with van der Waals surface area (Å²) >= 11 is 0. The summed E-state index contributed by atoms with van der Waals surface area (Å²) in [5.41, 5.74) is 9.17. The number of anilines is 2. The third kappa shape index (κ3) is 3.31. The standard InChI is InChI=1S/C19H20F3N3O/c20-19(21,22)26-17-7-5-16(6-8-17)25-12-18(13-25)10-24(11-18)15-3-1-14(9-23)2-4-15/h1-8H,9-13,23H2. The summed E-state index contributed by atoms with van der Waals surface area (Å²) in [7, 11) is 0. The molecule has 0 saturated carbocycles. The van der Waals surface area contributed by atoms with E-state index in [-0.39, 0.29) is 11.2 Å². The van der Waals surface area contributed by atoms with E-state index in [2.05, 4.69) is 38.8 Å². The second kappa shape index (κ2) is 6.09. The van der Waals surface area contributed by atoms with Crippen LogP contribution in [0.3, 0.4) is 0 Å². The predicted molar refractivity (Wildman–Crippen MR) is 94.3 cm³/mol. The van der Waals surface area contributed by atoms with Crippen molar-refractivity contribution in [3.05, 3.63) is 54.1 Å². The van der Waals surface area contributed by atoms with Crippen LogP contribution in [0.2, 0.25) is 0 Å². The maximum Gasteiger partial charge on any atom is 0.573 e. The Kier molecular flexibility index (Phi) is 3.99. The van der Waals surface area contributed by atoms with Crippen LogP contribution in [0.1, 0.15) is 5.56 Å². The highest BCUT2D eigenvalue weighted by Crippen LogP contribution is 2.44. The van der Waals surface area contributed by atoms with Crippen molar-refractivity contribution < 1.29 is 17.9 Å². The SMILES string of the molecule is NCc1ccc(N2CC3(C2)CN(c2ccc(OC(F)(F)F)cc2)C3)cc1. The first-order valence-corrected chi connectivity index (χ1v) is 8.51. The van der Waals surface area contributed by atoms with Gasteiger partial charge >= 0.3 is 6.36 Å². The molecule has 4 rings (SSSR count). The first-order chi connectivity index (χ1) is 12.4. The number of hydrogen-bond acceptors (Lipinski definition) is 4. The smallest absolute Gasteiger partial charge is 0.406 e. The Morgan fingerprint density at radius 1 is 0.846 bits per heavy atom. The molecule has 0 radical (unpaired) electrons. The van der Waals surface area contributed by atoms with Gasteiger partial charge in [-0.3, -0.25) is 0 Å². The van der Waals surface area contributed by atoms with E-state index in [9.17, 15) is 13.2 Å². The van der Waals surface area contributed by atoms with Crippen LogP contribution < -0.4 is 20.3 Å². The molecule has 2 N–H and O–H groups in total. The summed E-state index contributed by atoms with van der Waals surface area (Å²) in [5, 5.41) is 0. The minimum absolute atomic E-state index is 0.188. The number of rotatable bonds is 4. The van der Waals surface area contributed by atoms with Crippen molar-refractivity contribution >= 4 is 11.4 Å². The molecule has 0 amide bonds. The van der Waals surface area contributed by atoms with Crippen molar-refractivity contribution in [3.8, 4) is 5.75 Å². The lowest BCUT2D eigenvalue weighted by Crippen LogP contribution is -2.72. The molecular formula is C19H20F3N3O. The van der Waals surface area contributed by atoms with Crippen LogP contribution in [-0.4, -0.2) is 32.5 Å². The third-order valence-corrected chi connectivity index (χ3v) is 5.08. The van der Waals surface area contributed by atoms with E-state index < -0.39 is 6.36 Å². The molecule has 4 nitrogen and oxygen atoms in total. The van der Waals surface area contributed by atoms with Crippen molar-refractivity contribution in [2.24, 2.45) is 11.1 Å². The fraction of sp³-hybridized carbons (Fsp3) is 0.368. The van der Waals surface area contributed by atoms with Crippen LogP contribution >= 0.6 is 0 Å². The third-order valence-electron chi connectivity index (χ3n) is 5.08. The van der Waals surface area contributed by atoms with Gasteiger partial charge in [-0.15, -0.1) is 13.2 Å². The zero-order valence-corrected chi connectivity index (χ0v) is 14.2. The quantitative estimate of drug-likeness (QED) is 0.904. The summed E-state index contributed by atoms with van der Waals surface area (Å²) in [5.74, 6) is -0.188. The highest BCUT2D eigenvalue weighted by atomic mass is 19.4. The highest BCUT2D eigenvalue weighted by Gasteiger charge is 2.51. The van der Waals surface area contributed by atoms with Gasteiger partial charge in [-0.25, -0.2) is 0 Å². The van der Waals surface area contributed by atoms with Crippen LogP contribution in [0.4, 0.5) is 24.5 Å². The molecule has 2 heterocycles. The number of halogens is 3. The molecule has 2 aromatic rings. The number of ether oxygens (including phenoxy) is 1. The van der Waals surface area contributed by atoms with E-state index in [0.29, 0.717) is 6.54 Å². The molecule has 0 unspecified atom stereocenters. The van der Waals surface area contributed by atoms with Gasteiger partial charge in [0.15, 0.2) is 0 Å². The van der Waals surface area contributed by atoms with E-state index in [1.165, 1.54) is 17.8 Å². The molecular weight excluding hydrogens is 343 g/mol. The molecule has 7 heteroatoms. The number of alkyl halides is 3. The van der Waals surface area contributed by atoms with Crippen molar-refractivity contribution in [1.29, 1.82) is 0 Å². The van der Waals surface area contributed by atoms with Gasteiger partial charge in [0.25, 0.3) is 0 Å². The largest absolute Gasteiger partial charge is 0.573 e. The Morgan fingerprint density at radius 3 is 1.73 bits per heavy atom. The lowest BCUT2D eigenvalue weighted by atomic mass is 9.72. The lowest BCUT2D eigenvalue weighted by molar-refractivity contribution is -0.274. The first kappa shape index (κ1) is 17.0. The van der Waals surface area contributed by atoms with Crippen molar-refractivity contribution in [2.45, 2.75) is 12.9 Å². The van der Waals surface area contributed by atoms with Crippen LogP contribution in [-0.2, 0) is 6.54 Å². The number of hydrogen-bond donors (Lipinski definition) is 1. The fourth-order valence-electron chi connectivity index (χ4n) is 3.79. The molecule has 2 aromatic carbocycles. The Bertz CT molecular complexity index is 760. The number of benzene rings is 2. The van der Waals surface area contributed by atoms with Crippen LogP contribution in [0.25, 0.3) is 0 Å². The molecule has 0 bridgehead atoms. The highest BCUT2D eigenvalue weighted by molar-refractivity contribution is 5.57. The van der Waals surface area contributed by atoms with Gasteiger partial charge in [0.05, 0.1) is 0 Å². The minimum atomic E-state index is -4.65. The average Bonchev–Trinajstić information content (AvgIpc) is 2.53. The molecule has 0 aliphatic carbocycles. The van der Waals surface area contributed by atoms with Gasteiger partial charge in [-0.2, -0.15) is 0 Å². The van der Waals surface area contributed by atoms with Crippen molar-refractivity contribution in [2.75, 3.05) is 36.0 Å². The molecule has 2 saturated heterocycles. The number of nitrogens with two attached hydrogens (primary N) is 1. The topological polar surface area (TPSA) is 41.7 Å². The zero-order valence-electron chi connectivity index (χ0n) is 14.2. The van der Waals surface area contributed by atoms with E-state index in [4.69, 9.17) is 5.73 Å². The van der Waals surface area contributed by atoms with Crippen LogP contribution in [0, 0.1) is 5.41 Å². The minimum Gasteiger partial charge on any atom is -0.406 e. The van der Waals surface area contributed by atoms with Gasteiger partial charge in [-0.05, 0) is 42.0 Å². The second-order valence-corrected chi connectivity index (χ2v) is 7.12. The summed E-state index contributed by atoms with van der Waals surface area (Å²) in [4.78, 5) is 4.53. The van der Waals surface area contributed by atoms with Gasteiger partial charge < -0.3 is 20.3 Å². The summed E-state index contributed by atoms with van der Waals surface area (Å²) in [6, 6.07) is 14.4. The monoisotopic (exact) mass is 363 g/mol. The van der Waals surface area contributed by atoms with Gasteiger partial charge in [0.2, 0.25) is 0 Å². The molecule has 2 aliphatic rings. The van der Waals surface area contributed by atoms with Crippen LogP contribution in [0.15, 0.2) is 48.5 Å². The maximum absolute atomic E-state index is 12.2. The van der Waals surface area contributed by atoms with E-state index in [0.717, 1.165) is 37.4 Å². The van der Waals surface area contributed by atoms with Crippen molar-refractivity contribution in [1.82, 2.24) is 0 Å². The molecule has 138 valence electrons. The zero-order chi connectivity index (χ0) is 18.4. The Morgan fingerprint density at radius 2 is 1.31 bits per heavy atom. The van der Waals surface area contributed by atoms with Gasteiger partial charge in [0.1, 0.15) is 5.75 Å². The Balaban J connectivity index is 1.30. The first-order valence-electron chi connectivity index (χ1n) is 8.51. The summed E-state index contributed by atoms with van der Waals surface area (Å²) in [6.45, 7) is 4.39. The van der Waals surface area contributed by atoms with E-state index >= 15 is 0 Å². The molecule has 26 heavy (non-hydrogen) atoms. The lowest BCUT2D eigenvalue weighted by Gasteiger charge is -2.61. The molecule has 2 fully saturated rings. The van der Waals surface area contributed by atoms with Gasteiger partial charge in [0, 0.05) is 49.5 Å². The van der Waals surface area contributed by atoms with Gasteiger partial charge in [-0.1, -0.05) is 12.1 Å². The molecule has 0 atom stereocenters. The fourth-order valence-corrected chi connectivity index (χ4v) is 3.79. The van der Waals surface area contributed by atoms with E-state index in [1.54, 1.807) is 12.1 Å². The van der Waals surface area contributed by atoms with Crippen LogP contribution in [0.5, 0.6) is 5.75 Å². The van der Waals surface area contributed by atoms with Crippen molar-refractivity contribution in [3.63, 3.8) is 0 Å². The average molecular weight is 363 g/mol. The summed E-state index contributed by atoms with van der Waals surface area (Å²) in [6.07, 6.45) is -4.65.